The van der Waals surface area contributed by atoms with Crippen LogP contribution in [0, 0.1) is 6.07 Å². The first-order valence-corrected chi connectivity index (χ1v) is 56.9. The molecule has 4 aromatic rings. The molecule has 0 bridgehead atoms. The third-order valence-corrected chi connectivity index (χ3v) is 26.7. The van der Waals surface area contributed by atoms with Crippen LogP contribution in [-0.2, 0) is 0 Å². The molecule has 128 heavy (non-hydrogen) atoms. The Morgan fingerprint density at radius 3 is 0.523 bits per heavy atom. The van der Waals surface area contributed by atoms with Gasteiger partial charge in [-0.3, -0.25) is 0 Å². The topological polar surface area (TPSA) is 118 Å². The molecular formula is C117H208N5O6. The zero-order valence-electron chi connectivity index (χ0n) is 85.5. The second-order valence-electron chi connectivity index (χ2n) is 39.1. The first kappa shape index (κ1) is 115. The van der Waals surface area contributed by atoms with Crippen LogP contribution in [0.1, 0.15) is 581 Å². The van der Waals surface area contributed by atoms with Crippen LogP contribution in [-0.4, -0.2) is 54.6 Å². The molecule has 4 rings (SSSR count). The van der Waals surface area contributed by atoms with E-state index in [4.69, 9.17) is 43.4 Å². The van der Waals surface area contributed by atoms with E-state index in [2.05, 4.69) is 82.5 Å². The molecule has 11 heteroatoms. The summed E-state index contributed by atoms with van der Waals surface area (Å²) < 4.78 is 41.9. The lowest BCUT2D eigenvalue weighted by molar-refractivity contribution is 0.234. The van der Waals surface area contributed by atoms with Gasteiger partial charge in [-0.05, 0) is 44.6 Å². The minimum Gasteiger partial charge on any atom is -0.489 e. The van der Waals surface area contributed by atoms with Gasteiger partial charge < -0.3 is 39.1 Å². The van der Waals surface area contributed by atoms with Crippen molar-refractivity contribution in [3.63, 3.8) is 0 Å². The number of nitrogens with one attached hydrogen (secondary N) is 2. The van der Waals surface area contributed by atoms with Gasteiger partial charge in [-0.2, -0.15) is 15.0 Å². The van der Waals surface area contributed by atoms with Crippen LogP contribution in [0.4, 0.5) is 23.3 Å². The predicted molar refractivity (Wildman–Crippen MR) is 558 cm³/mol. The highest BCUT2D eigenvalue weighted by Gasteiger charge is 2.22. The lowest BCUT2D eigenvalue weighted by Crippen LogP contribution is -2.09. The van der Waals surface area contributed by atoms with Crippen molar-refractivity contribution in [1.82, 2.24) is 15.0 Å². The minimum absolute atomic E-state index is 0.397. The Hall–Kier alpha value is -4.93. The summed E-state index contributed by atoms with van der Waals surface area (Å²) in [5.74, 6) is 5.54. The molecule has 1 aromatic heterocycles. The van der Waals surface area contributed by atoms with Crippen molar-refractivity contribution in [2.45, 2.75) is 581 Å². The summed E-state index contributed by atoms with van der Waals surface area (Å²) in [6.07, 6.45) is 111. The highest BCUT2D eigenvalue weighted by molar-refractivity contribution is 5.70. The van der Waals surface area contributed by atoms with Gasteiger partial charge in [-0.15, -0.1) is 0 Å². The number of nitrogens with zero attached hydrogens (tertiary/aromatic N) is 3. The monoisotopic (exact) mass is 1780 g/mol. The lowest BCUT2D eigenvalue weighted by atomic mass is 10.0. The summed E-state index contributed by atoms with van der Waals surface area (Å²) in [5.41, 5.74) is 2.40. The quantitative estimate of drug-likeness (QED) is 0.0412. The van der Waals surface area contributed by atoms with E-state index in [1.165, 1.54) is 462 Å². The summed E-state index contributed by atoms with van der Waals surface area (Å²) in [7, 11) is 0. The van der Waals surface area contributed by atoms with Gasteiger partial charge in [0.05, 0.1) is 39.6 Å². The second kappa shape index (κ2) is 89.9. The molecule has 737 valence electrons. The lowest BCUT2D eigenvalue weighted by Gasteiger charge is -2.20. The van der Waals surface area contributed by atoms with Gasteiger partial charge in [-0.1, -0.05) is 567 Å². The molecule has 0 saturated carbocycles. The summed E-state index contributed by atoms with van der Waals surface area (Å²) in [6, 6.07) is 19.5. The Morgan fingerprint density at radius 2 is 0.352 bits per heavy atom. The largest absolute Gasteiger partial charge is 0.489 e. The number of anilines is 4. The van der Waals surface area contributed by atoms with Crippen LogP contribution < -0.4 is 39.1 Å². The number of aromatic nitrogens is 3. The second-order valence-corrected chi connectivity index (χ2v) is 39.1. The van der Waals surface area contributed by atoms with E-state index >= 15 is 0 Å². The normalized spacial score (nSPS) is 11.5. The molecule has 0 unspecified atom stereocenters. The number of hydrogen-bond donors (Lipinski definition) is 2. The molecular weight excluding hydrogens is 1570 g/mol. The summed E-state index contributed by atoms with van der Waals surface area (Å²) >= 11 is 0. The summed E-state index contributed by atoms with van der Waals surface area (Å²) in [6.45, 7) is 17.5. The zero-order chi connectivity index (χ0) is 90.7. The Bertz CT molecular complexity index is 2700. The number of benzene rings is 3. The van der Waals surface area contributed by atoms with E-state index in [1.54, 1.807) is 0 Å². The number of unbranched alkanes of at least 4 members (excludes halogenated alkanes) is 78. The first-order chi connectivity index (χ1) is 63.5. The zero-order valence-corrected chi connectivity index (χ0v) is 85.5. The Labute approximate surface area is 793 Å². The van der Waals surface area contributed by atoms with Crippen LogP contribution in [0.15, 0.2) is 48.5 Å². The number of hydrogen-bond acceptors (Lipinski definition) is 11. The average molecular weight is 1780 g/mol. The van der Waals surface area contributed by atoms with Crippen molar-refractivity contribution in [1.29, 1.82) is 0 Å². The standard InChI is InChI=1S/C117H208N5O6/c1-7-13-19-25-31-37-43-49-55-61-67-73-79-88-96-123-109-102-107(103-110(124-97-89-80-74-68-62-56-50-44-38-32-26-20-14-8-2)113(109)127-100-92-83-77-71-65-59-53-47-41-35-29-23-17-11-5)118-116-120-115(106-94-86-85-87-95-106)121-117(122-116)119-108-104-111(125-98-90-81-75-69-63-57-51-45-39-33-27-21-15-9-3)114(128-101-93-84-78-72-66-60-54-48-42-36-30-24-18-12-6)112(105-108)126-99-91-82-76-70-64-58-52-46-40-34-28-22-16-10-4/h86-87,94-95,102-105H,7-84,88-93,96-101H2,1-6H3,(H2,118,119,120,121,122). The van der Waals surface area contributed by atoms with Gasteiger partial charge in [0.1, 0.15) is 0 Å². The van der Waals surface area contributed by atoms with Crippen LogP contribution in [0.5, 0.6) is 34.5 Å². The third-order valence-electron chi connectivity index (χ3n) is 26.7. The van der Waals surface area contributed by atoms with Crippen LogP contribution >= 0.6 is 0 Å². The number of rotatable bonds is 101. The van der Waals surface area contributed by atoms with Gasteiger partial charge in [-0.25, -0.2) is 0 Å². The van der Waals surface area contributed by atoms with Crippen molar-refractivity contribution >= 4 is 23.3 Å². The molecule has 0 spiro atoms. The molecule has 0 fully saturated rings. The van der Waals surface area contributed by atoms with Crippen LogP contribution in [0.3, 0.4) is 0 Å². The van der Waals surface area contributed by atoms with Crippen molar-refractivity contribution in [2.24, 2.45) is 0 Å². The molecule has 0 amide bonds. The van der Waals surface area contributed by atoms with Crippen molar-refractivity contribution in [3.05, 3.63) is 54.6 Å². The van der Waals surface area contributed by atoms with Gasteiger partial charge in [0, 0.05) is 41.2 Å². The van der Waals surface area contributed by atoms with E-state index in [0.29, 0.717) is 91.9 Å². The first-order valence-electron chi connectivity index (χ1n) is 56.9. The maximum absolute atomic E-state index is 6.99. The Balaban J connectivity index is 1.68. The average Bonchev–Trinajstić information content (AvgIpc) is 0.804. The Kier molecular flexibility index (Phi) is 81.0. The minimum atomic E-state index is 0.397. The van der Waals surface area contributed by atoms with Gasteiger partial charge >= 0.3 is 0 Å². The molecule has 1 heterocycles. The van der Waals surface area contributed by atoms with Crippen LogP contribution in [0.2, 0.25) is 0 Å². The van der Waals surface area contributed by atoms with Gasteiger partial charge in [0.25, 0.3) is 0 Å². The molecule has 2 N–H and O–H groups in total. The maximum atomic E-state index is 6.99. The van der Waals surface area contributed by atoms with Gasteiger partial charge in [0.2, 0.25) is 23.4 Å². The van der Waals surface area contributed by atoms with E-state index in [-0.39, 0.29) is 0 Å². The molecule has 11 nitrogen and oxygen atoms in total. The van der Waals surface area contributed by atoms with Gasteiger partial charge in [0.15, 0.2) is 28.8 Å². The van der Waals surface area contributed by atoms with Crippen molar-refractivity contribution < 1.29 is 28.4 Å². The molecule has 0 aliphatic rings. The predicted octanol–water partition coefficient (Wildman–Crippen LogP) is 40.0. The molecule has 0 saturated heterocycles. The molecule has 1 radical (unpaired) electrons. The fraction of sp³-hybridized carbons (Fsp3) is 0.821. The third kappa shape index (κ3) is 67.3. The van der Waals surface area contributed by atoms with Crippen molar-refractivity contribution in [3.8, 4) is 45.9 Å². The Morgan fingerprint density at radius 1 is 0.195 bits per heavy atom. The fourth-order valence-corrected chi connectivity index (χ4v) is 18.3. The molecule has 0 aliphatic heterocycles. The fourth-order valence-electron chi connectivity index (χ4n) is 18.3. The van der Waals surface area contributed by atoms with E-state index in [1.807, 2.05) is 24.3 Å². The van der Waals surface area contributed by atoms with E-state index in [0.717, 1.165) is 94.0 Å². The SMILES string of the molecule is CCCCCCCCCCCCCCCCOc1cc(Nc2nc(Nc3cc(OCCCCCCCCCCCCCCCC)c(OCCCCCCCCCCCCCCCC)c(OCCCCCCCCCCCCCCCC)c3)nc(-c3cc[c]cc3)n2)cc(OCCCCCCCCCCCCCCCC)c1OCCCCCCCCCCCCCCCC. The molecule has 0 atom stereocenters. The highest BCUT2D eigenvalue weighted by Crippen LogP contribution is 2.44. The van der Waals surface area contributed by atoms with Crippen LogP contribution in [0.25, 0.3) is 11.4 Å². The smallest absolute Gasteiger partial charge is 0.232 e. The van der Waals surface area contributed by atoms with E-state index in [9.17, 15) is 0 Å². The van der Waals surface area contributed by atoms with Crippen molar-refractivity contribution in [2.75, 3.05) is 50.3 Å². The number of ether oxygens (including phenoxy) is 6. The summed E-state index contributed by atoms with van der Waals surface area (Å²) in [5, 5.41) is 7.44. The maximum Gasteiger partial charge on any atom is 0.232 e. The summed E-state index contributed by atoms with van der Waals surface area (Å²) in [4.78, 5) is 15.7. The molecule has 0 aliphatic carbocycles. The molecule has 3 aromatic carbocycles. The highest BCUT2D eigenvalue weighted by atomic mass is 16.5. The van der Waals surface area contributed by atoms with E-state index < -0.39 is 0 Å².